The first-order chi connectivity index (χ1) is 69.7. The molecule has 0 aliphatic rings. The van der Waals surface area contributed by atoms with Crippen molar-refractivity contribution < 1.29 is 19.5 Å². The smallest absolute Gasteiger partial charge is 0.325 e. The van der Waals surface area contributed by atoms with Crippen LogP contribution in [0.2, 0.25) is 20.6 Å². The number of carboxylic acid groups (broad SMARTS) is 1. The van der Waals surface area contributed by atoms with Crippen molar-refractivity contribution in [2.45, 2.75) is 131 Å². The zero-order chi connectivity index (χ0) is 102. The van der Waals surface area contributed by atoms with Crippen molar-refractivity contribution in [3.63, 3.8) is 0 Å². The molecule has 0 aliphatic carbocycles. The minimum Gasteiger partial charge on any atom is -0.480 e. The zero-order valence-corrected chi connectivity index (χ0v) is 85.1. The summed E-state index contributed by atoms with van der Waals surface area (Å²) < 4.78 is 2.76. The van der Waals surface area contributed by atoms with E-state index in [0.717, 1.165) is 188 Å². The largest absolute Gasteiger partial charge is 0.480 e. The molecule has 20 rings (SSSR count). The molecule has 6 aromatic carbocycles. The highest BCUT2D eigenvalue weighted by molar-refractivity contribution is 6.33. The Balaban J connectivity index is 0.000000242. The number of aliphatic carboxylic acids is 1. The number of aromatic nitrogens is 24. The van der Waals surface area contributed by atoms with Crippen LogP contribution in [0.3, 0.4) is 0 Å². The van der Waals surface area contributed by atoms with Crippen molar-refractivity contribution in [3.8, 4) is 0 Å². The fraction of sp³-hybridized carbons (Fsp3) is 0.290. The molecule has 0 aliphatic heterocycles. The number of nitrogens with one attached hydrogen (secondary N) is 9. The number of halogens is 5. The molecule has 0 saturated carbocycles. The second-order valence-electron chi connectivity index (χ2n) is 33.1. The minimum atomic E-state index is -0.916. The van der Waals surface area contributed by atoms with Gasteiger partial charge in [0.15, 0.2) is 40.7 Å². The number of H-pyrrole nitrogens is 3. The number of imidazole rings is 3. The summed E-state index contributed by atoms with van der Waals surface area (Å²) >= 11 is 29.9. The first-order valence-electron chi connectivity index (χ1n) is 45.6. The van der Waals surface area contributed by atoms with Gasteiger partial charge in [-0.2, -0.15) is 0 Å². The number of rotatable bonds is 27. The lowest BCUT2D eigenvalue weighted by atomic mass is 10.1. The predicted molar refractivity (Wildman–Crippen MR) is 613 cm³/mol. The highest BCUT2D eigenvalue weighted by atomic mass is 35.5. The maximum atomic E-state index is 12.6. The topological polar surface area (TPSA) is 481 Å². The van der Waals surface area contributed by atoms with E-state index in [1.54, 1.807) is 49.4 Å². The van der Waals surface area contributed by atoms with Gasteiger partial charge in [-0.1, -0.05) is 211 Å². The van der Waals surface area contributed by atoms with E-state index in [1.165, 1.54) is 46.3 Å². The average Bonchev–Trinajstić information content (AvgIpc) is 1.64. The summed E-state index contributed by atoms with van der Waals surface area (Å²) in [6.45, 7) is 19.3. The number of nitrogens with two attached hydrogens (primary N) is 1. The van der Waals surface area contributed by atoms with Gasteiger partial charge < -0.3 is 72.4 Å². The highest BCUT2D eigenvalue weighted by Gasteiger charge is 2.21. The number of carboxylic acids is 1. The fourth-order valence-corrected chi connectivity index (χ4v) is 16.1. The number of anilines is 5. The molecule has 0 unspecified atom stereocenters. The van der Waals surface area contributed by atoms with Crippen LogP contribution < -0.4 is 47.4 Å². The molecule has 38 nitrogen and oxygen atoms in total. The molecule has 0 fully saturated rings. The van der Waals surface area contributed by atoms with Gasteiger partial charge in [0, 0.05) is 159 Å². The SMILES string of the molecule is C.C.C.C.C.C.CNCCN(C)c1nc2c(C)cccc2cc1CNc1ncnc2nc[nH]c12.CNCCNC.Cc1cccc2cc(C=O)c(Cl)nc12.Cc1cccc2cc(CCl)c(Cl)nc12.Cc1cccc2cc(CN)c(Cl)nc12.Cc1cccc2cc(CNc3ncnc4nc[nH]c34)c(Cl)nc12.Cc1cccc2cc(CNc3ncnc4nc[nH]c34)c(N(C)CCN(C)C(=O)Cn3ccnn3)nc12.O=C(O)Cn1ccnn1. The van der Waals surface area contributed by atoms with Crippen molar-refractivity contribution in [3.05, 3.63) is 296 Å². The van der Waals surface area contributed by atoms with Crippen LogP contribution in [0.5, 0.6) is 0 Å². The Bertz CT molecular complexity index is 7660. The van der Waals surface area contributed by atoms with Gasteiger partial charge in [-0.3, -0.25) is 14.4 Å². The van der Waals surface area contributed by atoms with Crippen molar-refractivity contribution >= 4 is 204 Å². The Kier molecular flexibility index (Phi) is 48.3. The number of aromatic amines is 3. The molecule has 20 aromatic rings. The van der Waals surface area contributed by atoms with Gasteiger partial charge in [-0.25, -0.2) is 84.1 Å². The molecule has 790 valence electrons. The summed E-state index contributed by atoms with van der Waals surface area (Å²) in [4.78, 5) is 114. The molecule has 43 heteroatoms. The Labute approximate surface area is 898 Å². The first kappa shape index (κ1) is 122. The molecule has 0 saturated heterocycles. The number of hydrogen-bond acceptors (Lipinski definition) is 31. The van der Waals surface area contributed by atoms with Crippen molar-refractivity contribution in [2.24, 2.45) is 5.73 Å². The van der Waals surface area contributed by atoms with Crippen molar-refractivity contribution in [1.82, 2.24) is 141 Å². The van der Waals surface area contributed by atoms with Gasteiger partial charge in [-0.15, -0.1) is 21.8 Å². The summed E-state index contributed by atoms with van der Waals surface area (Å²) in [7, 11) is 11.7. The summed E-state index contributed by atoms with van der Waals surface area (Å²) in [5.74, 6) is 3.36. The molecule has 0 atom stereocenters. The Hall–Kier alpha value is -15.4. The zero-order valence-electron chi connectivity index (χ0n) is 81.3. The molecular formula is C107H133Cl5N34O4. The van der Waals surface area contributed by atoms with Crippen LogP contribution in [-0.2, 0) is 54.7 Å². The van der Waals surface area contributed by atoms with Crippen LogP contribution in [0.25, 0.3) is 98.9 Å². The lowest BCUT2D eigenvalue weighted by molar-refractivity contribution is -0.138. The van der Waals surface area contributed by atoms with Gasteiger partial charge in [-0.05, 0) is 132 Å². The Morgan fingerprint density at radius 1 is 0.407 bits per heavy atom. The normalized spacial score (nSPS) is 10.4. The minimum absolute atomic E-state index is 0. The summed E-state index contributed by atoms with van der Waals surface area (Å²) in [6.07, 6.45) is 16.2. The summed E-state index contributed by atoms with van der Waals surface area (Å²) in [5.41, 5.74) is 27.4. The predicted octanol–water partition coefficient (Wildman–Crippen LogP) is 20.2. The molecular weight excluding hydrogens is 2000 g/mol. The van der Waals surface area contributed by atoms with Crippen LogP contribution in [-0.4, -0.2) is 229 Å². The number of alkyl halides is 1. The molecule has 12 N–H and O–H groups in total. The van der Waals surface area contributed by atoms with Gasteiger partial charge in [0.1, 0.15) is 80.9 Å². The van der Waals surface area contributed by atoms with E-state index in [1.807, 2.05) is 147 Å². The maximum Gasteiger partial charge on any atom is 0.325 e. The van der Waals surface area contributed by atoms with E-state index in [9.17, 15) is 14.4 Å². The van der Waals surface area contributed by atoms with E-state index in [0.29, 0.717) is 94.7 Å². The molecule has 150 heavy (non-hydrogen) atoms. The number of pyridine rings is 6. The van der Waals surface area contributed by atoms with Gasteiger partial charge in [0.25, 0.3) is 0 Å². The number of hydrogen-bond donors (Lipinski definition) is 11. The fourth-order valence-electron chi connectivity index (χ4n) is 15.0. The number of aldehydes is 1. The number of carbonyl (C=O) groups is 3. The molecule has 0 spiro atoms. The second-order valence-corrected chi connectivity index (χ2v) is 34.8. The third kappa shape index (κ3) is 32.1. The second kappa shape index (κ2) is 59.6. The third-order valence-electron chi connectivity index (χ3n) is 22.7. The van der Waals surface area contributed by atoms with Gasteiger partial charge in [0.2, 0.25) is 5.91 Å². The number of fused-ring (bicyclic) bond motifs is 9. The first-order valence-corrected chi connectivity index (χ1v) is 47.6. The van der Waals surface area contributed by atoms with Crippen LogP contribution in [0.15, 0.2) is 208 Å². The van der Waals surface area contributed by atoms with Crippen LogP contribution in [0, 0.1) is 41.5 Å². The third-order valence-corrected chi connectivity index (χ3v) is 24.3. The van der Waals surface area contributed by atoms with E-state index < -0.39 is 5.97 Å². The van der Waals surface area contributed by atoms with Crippen LogP contribution >= 0.6 is 58.0 Å². The van der Waals surface area contributed by atoms with Crippen molar-refractivity contribution in [1.29, 1.82) is 0 Å². The number of benzene rings is 6. The van der Waals surface area contributed by atoms with Gasteiger partial charge in [0.05, 0.1) is 75.9 Å². The number of amides is 1. The number of aryl methyl sites for hydroxylation is 6. The molecule has 0 bridgehead atoms. The summed E-state index contributed by atoms with van der Waals surface area (Å²) in [6, 6.07) is 48.6. The Morgan fingerprint density at radius 2 is 0.733 bits per heavy atom. The quantitative estimate of drug-likeness (QED) is 0.00985. The highest BCUT2D eigenvalue weighted by Crippen LogP contribution is 2.33. The number of para-hydroxylation sites is 6. The number of carbonyl (C=O) groups excluding carboxylic acids is 2. The Morgan fingerprint density at radius 3 is 1.09 bits per heavy atom. The average molecular weight is 2140 g/mol. The lowest BCUT2D eigenvalue weighted by Crippen LogP contribution is -2.37. The number of nitrogens with zero attached hydrogens (tertiary/aromatic N) is 24. The molecule has 1 amide bonds. The monoisotopic (exact) mass is 2130 g/mol. The standard InChI is InChI=1S/C24H27N11O.C20H24N8.C16H13ClN6.C11H9Cl2N.C11H11ClN2.C11H8ClNO.C4H5N3O2.C4H12N2.6CH4/c1-16-5-4-6-17-11-18(12-25-22-21-23(27-14-26-21)29-15-28-22)24(31-20(16)17)34(3)10-9-33(2)19(36)13-35-8-7-30-32-35;1-13-5-4-6-14-9-15(20(27-16(13)14)28(3)8-7-21-2)10-22-18-17-19(24-11-23-17)26-12-25-18;1-9-3-2-4-10-5-11(14(17)23-12(9)10)6-18-15-13-16(20-7-19-13)22-8-21-15;1-7-3-2-4-8-5-9(6-12)11(13)14-10(7)8;1-7-3-2-4-8-5-9(6-13)11(12)14-10(7)8;1-7-3-2-4-8-5-9(6-14)11(12)13-10(7)8;8-4(9)3-7-2-1-5-6-7;1-5-3-4-6-2;;;;;;/h4-8,11,14-15H,9-10,12-13H2,1-3H3,(H2,25,26,27,28,29);4-6,9,11-12,21H,7-8,10H2,1-3H3,(H2,22,23,24,25,26);2-5,7-8H,6H2,1H3,(H2,18,19,20,21,22);2-5H,6H2,1H3;2-5H,6,13H2,1H3;2-6H,1H3;1-2H,3H2,(H,8,9);5-6H,3-4H2,1-2H3;6*1H4. The van der Waals surface area contributed by atoms with Crippen LogP contribution in [0.4, 0.5) is 29.1 Å². The molecule has 14 heterocycles. The van der Waals surface area contributed by atoms with Crippen LogP contribution in [0.1, 0.15) is 116 Å². The van der Waals surface area contributed by atoms with E-state index in [2.05, 4.69) is 211 Å². The maximum absolute atomic E-state index is 12.6. The number of likely N-dealkylation sites (N-methyl/N-ethyl adjacent to an activating group) is 6. The molecule has 14 aromatic heterocycles. The van der Waals surface area contributed by atoms with Gasteiger partial charge >= 0.3 is 5.97 Å². The van der Waals surface area contributed by atoms with Crippen molar-refractivity contribution in [2.75, 3.05) is 107 Å². The van der Waals surface area contributed by atoms with E-state index >= 15 is 0 Å². The molecule has 0 radical (unpaired) electrons. The lowest BCUT2D eigenvalue weighted by Gasteiger charge is -2.25. The van der Waals surface area contributed by atoms with E-state index in [4.69, 9.17) is 78.8 Å². The van der Waals surface area contributed by atoms with E-state index in [-0.39, 0.29) is 68.7 Å². The summed E-state index contributed by atoms with van der Waals surface area (Å²) in [5, 5.41) is 50.1.